The number of benzene rings is 1. The van der Waals surface area contributed by atoms with Gasteiger partial charge >= 0.3 is 26.2 Å². The number of halogens is 2. The first-order valence-electron chi connectivity index (χ1n) is 4.77. The molecule has 17 heavy (non-hydrogen) atoms. The van der Waals surface area contributed by atoms with Gasteiger partial charge in [0, 0.05) is 15.7 Å². The van der Waals surface area contributed by atoms with Crippen LogP contribution in [0, 0.1) is 5.92 Å². The molecule has 0 spiro atoms. The van der Waals surface area contributed by atoms with Gasteiger partial charge < -0.3 is 24.8 Å². The van der Waals surface area contributed by atoms with Gasteiger partial charge in [0.15, 0.2) is 0 Å². The second kappa shape index (κ2) is 7.64. The fraction of sp³-hybridized carbons (Fsp3) is 0.0769. The Morgan fingerprint density at radius 1 is 1.00 bits per heavy atom. The molecule has 0 nitrogen and oxygen atoms in total. The van der Waals surface area contributed by atoms with E-state index in [1.807, 2.05) is 11.8 Å². The number of allylic oxidation sites excluding steroid dienone is 5. The Bertz CT molecular complexity index is 452. The molecule has 0 bridgehead atoms. The Hall–Kier alpha value is 0.253. The zero-order chi connectivity index (χ0) is 9.38. The molecule has 0 N–H and O–H groups in total. The molecule has 1 aliphatic carbocycles. The van der Waals surface area contributed by atoms with E-state index in [0.29, 0.717) is 5.92 Å². The zero-order valence-corrected chi connectivity index (χ0v) is 13.7. The molecule has 0 amide bonds. The van der Waals surface area contributed by atoms with E-state index < -0.39 is 0 Å². The van der Waals surface area contributed by atoms with Crippen molar-refractivity contribution in [2.75, 3.05) is 0 Å². The largest absolute Gasteiger partial charge is 2.00 e. The maximum atomic E-state index is 2.34. The third-order valence-corrected chi connectivity index (χ3v) is 3.76. The molecule has 1 heterocycles. The minimum Gasteiger partial charge on any atom is -1.00 e. The minimum atomic E-state index is 0. The van der Waals surface area contributed by atoms with Crippen LogP contribution < -0.4 is 24.8 Å². The van der Waals surface area contributed by atoms with Crippen molar-refractivity contribution in [3.63, 3.8) is 0 Å². The fourth-order valence-electron chi connectivity index (χ4n) is 1.80. The Balaban J connectivity index is 0.000000853. The molecular formula is C13H10Cl2SZr. The number of hydrogen-bond donors (Lipinski definition) is 0. The third kappa shape index (κ3) is 3.61. The molecule has 2 aliphatic rings. The van der Waals surface area contributed by atoms with Crippen molar-refractivity contribution < 1.29 is 51.0 Å². The molecule has 0 fully saturated rings. The van der Waals surface area contributed by atoms with Gasteiger partial charge in [-0.05, 0) is 5.56 Å². The predicted molar refractivity (Wildman–Crippen MR) is 62.7 cm³/mol. The molecule has 0 aromatic heterocycles. The van der Waals surface area contributed by atoms with Crippen LogP contribution in [0.5, 0.6) is 0 Å². The van der Waals surface area contributed by atoms with Gasteiger partial charge in [-0.1, -0.05) is 66.4 Å². The summed E-state index contributed by atoms with van der Waals surface area (Å²) in [6.45, 7) is 0. The maximum absolute atomic E-state index is 2.34. The zero-order valence-electron chi connectivity index (χ0n) is 8.94. The monoisotopic (exact) mass is 358 g/mol. The van der Waals surface area contributed by atoms with Crippen LogP contribution in [-0.2, 0) is 26.2 Å². The second-order valence-corrected chi connectivity index (χ2v) is 4.59. The molecule has 0 radical (unpaired) electrons. The van der Waals surface area contributed by atoms with Gasteiger partial charge in [0.05, 0.1) is 0 Å². The number of hydrogen-bond acceptors (Lipinski definition) is 1. The standard InChI is InChI=1S/C13H10S.2ClH.Zr/c1-2-5-10(6-3-1)13-9-11-7-4-8-12(11)14-13;;;/h1-9,11H;2*1H;/q;;;+2/p-2. The number of rotatable bonds is 1. The third-order valence-electron chi connectivity index (χ3n) is 2.52. The molecule has 86 valence electrons. The molecule has 4 heteroatoms. The Morgan fingerprint density at radius 3 is 2.35 bits per heavy atom. The van der Waals surface area contributed by atoms with Crippen molar-refractivity contribution in [3.05, 3.63) is 65.1 Å². The van der Waals surface area contributed by atoms with Crippen LogP contribution in [0.3, 0.4) is 0 Å². The van der Waals surface area contributed by atoms with E-state index in [-0.39, 0.29) is 51.0 Å². The van der Waals surface area contributed by atoms with Crippen molar-refractivity contribution in [3.8, 4) is 0 Å². The van der Waals surface area contributed by atoms with Crippen LogP contribution in [-0.4, -0.2) is 0 Å². The van der Waals surface area contributed by atoms with Gasteiger partial charge in [-0.3, -0.25) is 0 Å². The average molecular weight is 360 g/mol. The summed E-state index contributed by atoms with van der Waals surface area (Å²) in [6, 6.07) is 10.6. The minimum absolute atomic E-state index is 0. The molecule has 0 saturated carbocycles. The number of thioether (sulfide) groups is 1. The summed E-state index contributed by atoms with van der Waals surface area (Å²) in [5, 5.41) is 0. The predicted octanol–water partition coefficient (Wildman–Crippen LogP) is -2.15. The fourth-order valence-corrected chi connectivity index (χ4v) is 2.95. The second-order valence-electron chi connectivity index (χ2n) is 3.48. The van der Waals surface area contributed by atoms with Gasteiger partial charge in [-0.15, -0.1) is 0 Å². The normalized spacial score (nSPS) is 19.2. The summed E-state index contributed by atoms with van der Waals surface area (Å²) in [5.74, 6) is 0.551. The van der Waals surface area contributed by atoms with Crippen LogP contribution in [0.1, 0.15) is 5.56 Å². The molecule has 1 aromatic carbocycles. The van der Waals surface area contributed by atoms with Crippen LogP contribution in [0.2, 0.25) is 0 Å². The van der Waals surface area contributed by atoms with Gasteiger partial charge in [0.25, 0.3) is 0 Å². The van der Waals surface area contributed by atoms with E-state index in [9.17, 15) is 0 Å². The molecule has 1 unspecified atom stereocenters. The molecule has 1 aromatic rings. The quantitative estimate of drug-likeness (QED) is 0.551. The van der Waals surface area contributed by atoms with Crippen molar-refractivity contribution >= 4 is 16.7 Å². The Labute approximate surface area is 138 Å². The topological polar surface area (TPSA) is 0 Å². The van der Waals surface area contributed by atoms with Crippen molar-refractivity contribution in [2.24, 2.45) is 5.92 Å². The molecule has 0 saturated heterocycles. The summed E-state index contributed by atoms with van der Waals surface area (Å²) in [7, 11) is 0. The van der Waals surface area contributed by atoms with Crippen LogP contribution >= 0.6 is 11.8 Å². The van der Waals surface area contributed by atoms with E-state index in [4.69, 9.17) is 0 Å². The average Bonchev–Trinajstić information content (AvgIpc) is 2.78. The van der Waals surface area contributed by atoms with Crippen molar-refractivity contribution in [2.45, 2.75) is 0 Å². The maximum Gasteiger partial charge on any atom is 2.00 e. The van der Waals surface area contributed by atoms with Gasteiger partial charge in [-0.25, -0.2) is 0 Å². The molecule has 3 rings (SSSR count). The van der Waals surface area contributed by atoms with E-state index in [1.165, 1.54) is 15.4 Å². The first-order valence-corrected chi connectivity index (χ1v) is 5.58. The first-order chi connectivity index (χ1) is 6.93. The van der Waals surface area contributed by atoms with Gasteiger partial charge in [-0.2, -0.15) is 0 Å². The van der Waals surface area contributed by atoms with Crippen LogP contribution in [0.25, 0.3) is 4.91 Å². The van der Waals surface area contributed by atoms with E-state index >= 15 is 0 Å². The van der Waals surface area contributed by atoms with Crippen molar-refractivity contribution in [1.29, 1.82) is 0 Å². The van der Waals surface area contributed by atoms with E-state index in [1.54, 1.807) is 0 Å². The molecule has 1 aliphatic heterocycles. The summed E-state index contributed by atoms with van der Waals surface area (Å²) >= 11 is 1.89. The van der Waals surface area contributed by atoms with Crippen LogP contribution in [0.4, 0.5) is 0 Å². The van der Waals surface area contributed by atoms with E-state index in [2.05, 4.69) is 54.6 Å². The van der Waals surface area contributed by atoms with Crippen molar-refractivity contribution in [1.82, 2.24) is 0 Å². The van der Waals surface area contributed by atoms with Crippen LogP contribution in [0.15, 0.2) is 59.5 Å². The van der Waals surface area contributed by atoms with Gasteiger partial charge in [0.2, 0.25) is 0 Å². The Kier molecular flexibility index (Phi) is 7.75. The van der Waals surface area contributed by atoms with Gasteiger partial charge in [0.1, 0.15) is 0 Å². The Morgan fingerprint density at radius 2 is 1.71 bits per heavy atom. The number of fused-ring (bicyclic) bond motifs is 1. The summed E-state index contributed by atoms with van der Waals surface area (Å²) in [6.07, 6.45) is 8.95. The summed E-state index contributed by atoms with van der Waals surface area (Å²) in [5.41, 5.74) is 1.33. The first kappa shape index (κ1) is 17.3. The van der Waals surface area contributed by atoms with E-state index in [0.717, 1.165) is 0 Å². The molecule has 1 atom stereocenters. The SMILES string of the molecule is C1=CC2C=C(c3ccccc3)SC2=C1.[Cl-].[Cl-].[Zr+2]. The summed E-state index contributed by atoms with van der Waals surface area (Å²) in [4.78, 5) is 2.86. The molecular weight excluding hydrogens is 350 g/mol. The summed E-state index contributed by atoms with van der Waals surface area (Å²) < 4.78 is 0. The smallest absolute Gasteiger partial charge is 1.00 e.